The van der Waals surface area contributed by atoms with E-state index in [-0.39, 0.29) is 11.3 Å². The highest BCUT2D eigenvalue weighted by Crippen LogP contribution is 2.48. The molecule has 1 saturated carbocycles. The number of hydrogen-bond acceptors (Lipinski definition) is 1. The zero-order valence-corrected chi connectivity index (χ0v) is 7.97. The number of benzene rings is 1. The lowest BCUT2D eigenvalue weighted by atomic mass is 9.80. The van der Waals surface area contributed by atoms with E-state index in [9.17, 15) is 4.79 Å². The van der Waals surface area contributed by atoms with Crippen LogP contribution in [0.25, 0.3) is 0 Å². The molecule has 1 spiro atoms. The maximum Gasteiger partial charge on any atom is 0.235 e. The van der Waals surface area contributed by atoms with Crippen molar-refractivity contribution < 1.29 is 6.17 Å². The largest absolute Gasteiger partial charge is 0.325 e. The summed E-state index contributed by atoms with van der Waals surface area (Å²) in [6.07, 6.45) is 4.19. The van der Waals surface area contributed by atoms with Crippen molar-refractivity contribution in [1.82, 2.24) is 0 Å². The van der Waals surface area contributed by atoms with Gasteiger partial charge in [0, 0.05) is 5.69 Å². The summed E-state index contributed by atoms with van der Waals surface area (Å²) in [5.41, 5.74) is 1.71. The van der Waals surface area contributed by atoms with Crippen molar-refractivity contribution in [2.45, 2.75) is 31.1 Å². The van der Waals surface area contributed by atoms with Crippen molar-refractivity contribution in [3.63, 3.8) is 0 Å². The van der Waals surface area contributed by atoms with Crippen molar-refractivity contribution in [2.24, 2.45) is 0 Å². The molecular weight excluding hydrogens is 174 g/mol. The smallest absolute Gasteiger partial charge is 0.235 e. The van der Waals surface area contributed by atoms with E-state index in [4.69, 9.17) is 1.37 Å². The number of rotatable bonds is 0. The van der Waals surface area contributed by atoms with E-state index in [1.807, 2.05) is 6.07 Å². The van der Waals surface area contributed by atoms with E-state index < -0.39 is 0 Å². The minimum absolute atomic E-state index is 0.139. The van der Waals surface area contributed by atoms with Crippen molar-refractivity contribution in [1.29, 1.82) is 0 Å². The minimum atomic E-state index is -0.261. The van der Waals surface area contributed by atoms with Crippen LogP contribution < -0.4 is 5.32 Å². The van der Waals surface area contributed by atoms with Gasteiger partial charge in [-0.25, -0.2) is 0 Å². The molecular formula is C12H13NO. The van der Waals surface area contributed by atoms with E-state index in [0.717, 1.165) is 36.9 Å². The molecule has 2 aliphatic rings. The Kier molecular flexibility index (Phi) is 1.31. The molecule has 0 unspecified atom stereocenters. The summed E-state index contributed by atoms with van der Waals surface area (Å²) in [4.78, 5) is 12.0. The quantitative estimate of drug-likeness (QED) is 0.665. The highest BCUT2D eigenvalue weighted by Gasteiger charge is 2.47. The topological polar surface area (TPSA) is 29.1 Å². The van der Waals surface area contributed by atoms with Crippen LogP contribution in [0.2, 0.25) is 0 Å². The Morgan fingerprint density at radius 2 is 2.14 bits per heavy atom. The lowest BCUT2D eigenvalue weighted by Crippen LogP contribution is -2.30. The second-order valence-electron chi connectivity index (χ2n) is 4.22. The fraction of sp³-hybridized carbons (Fsp3) is 0.417. The van der Waals surface area contributed by atoms with Gasteiger partial charge in [-0.2, -0.15) is 0 Å². The number of nitrogens with one attached hydrogen (secondary N) is 1. The lowest BCUT2D eigenvalue weighted by Gasteiger charge is -2.20. The molecule has 0 aromatic heterocycles. The number of carbonyl (C=O) groups excluding carboxylic acids is 1. The molecule has 0 radical (unpaired) electrons. The number of amides is 1. The first-order chi connectivity index (χ1) is 7.22. The Morgan fingerprint density at radius 1 is 1.36 bits per heavy atom. The first-order valence-corrected chi connectivity index (χ1v) is 5.15. The standard InChI is InChI=1S/C12H13NO/c14-11-12(7-3-4-8-12)9-5-1-2-6-10(9)13-11/h1-2,5-6H,3-4,7-8H2,(H,13,14)/i2D. The molecule has 1 fully saturated rings. The van der Waals surface area contributed by atoms with Crippen LogP contribution in [0.5, 0.6) is 0 Å². The fourth-order valence-corrected chi connectivity index (χ4v) is 2.79. The molecule has 14 heavy (non-hydrogen) atoms. The van der Waals surface area contributed by atoms with E-state index in [0.29, 0.717) is 6.04 Å². The Morgan fingerprint density at radius 3 is 2.93 bits per heavy atom. The van der Waals surface area contributed by atoms with Gasteiger partial charge < -0.3 is 5.32 Å². The number of para-hydroxylation sites is 1. The van der Waals surface area contributed by atoms with Gasteiger partial charge in [-0.05, 0) is 24.5 Å². The van der Waals surface area contributed by atoms with Gasteiger partial charge in [0.25, 0.3) is 0 Å². The SMILES string of the molecule is [2H]c1ccc2c(c1)NC(=O)C21CCCC1. The third-order valence-electron chi connectivity index (χ3n) is 3.52. The van der Waals surface area contributed by atoms with Crippen LogP contribution in [0.1, 0.15) is 32.6 Å². The van der Waals surface area contributed by atoms with Gasteiger partial charge in [0.2, 0.25) is 5.91 Å². The van der Waals surface area contributed by atoms with E-state index in [1.54, 1.807) is 12.1 Å². The second-order valence-corrected chi connectivity index (χ2v) is 4.22. The molecule has 2 nitrogen and oxygen atoms in total. The van der Waals surface area contributed by atoms with Gasteiger partial charge in [-0.3, -0.25) is 4.79 Å². The normalized spacial score (nSPS) is 23.4. The van der Waals surface area contributed by atoms with Gasteiger partial charge in [-0.15, -0.1) is 0 Å². The molecule has 1 amide bonds. The summed E-state index contributed by atoms with van der Waals surface area (Å²) in [7, 11) is 0. The third kappa shape index (κ3) is 0.834. The van der Waals surface area contributed by atoms with Crippen molar-refractivity contribution in [3.05, 3.63) is 29.8 Å². The fourth-order valence-electron chi connectivity index (χ4n) is 2.79. The summed E-state index contributed by atoms with van der Waals surface area (Å²) in [5.74, 6) is 0.139. The van der Waals surface area contributed by atoms with Gasteiger partial charge >= 0.3 is 0 Å². The summed E-state index contributed by atoms with van der Waals surface area (Å²) in [6.45, 7) is 0. The predicted molar refractivity (Wildman–Crippen MR) is 55.2 cm³/mol. The van der Waals surface area contributed by atoms with Crippen LogP contribution in [0.3, 0.4) is 0 Å². The van der Waals surface area contributed by atoms with E-state index in [1.165, 1.54) is 0 Å². The van der Waals surface area contributed by atoms with Crippen molar-refractivity contribution >= 4 is 11.6 Å². The minimum Gasteiger partial charge on any atom is -0.325 e. The van der Waals surface area contributed by atoms with Crippen molar-refractivity contribution in [3.8, 4) is 0 Å². The number of fused-ring (bicyclic) bond motifs is 2. The molecule has 1 heterocycles. The predicted octanol–water partition coefficient (Wildman–Crippen LogP) is 2.45. The zero-order valence-electron chi connectivity index (χ0n) is 8.97. The first kappa shape index (κ1) is 7.04. The van der Waals surface area contributed by atoms with Crippen LogP contribution in [-0.2, 0) is 10.2 Å². The molecule has 2 heteroatoms. The van der Waals surface area contributed by atoms with Crippen LogP contribution in [0, 0.1) is 0 Å². The number of hydrogen-bond donors (Lipinski definition) is 1. The number of anilines is 1. The Labute approximate surface area is 84.7 Å². The average molecular weight is 188 g/mol. The average Bonchev–Trinajstić information content (AvgIpc) is 2.76. The molecule has 1 aromatic carbocycles. The zero-order chi connectivity index (χ0) is 10.5. The third-order valence-corrected chi connectivity index (χ3v) is 3.52. The maximum atomic E-state index is 12.0. The summed E-state index contributed by atoms with van der Waals surface area (Å²) in [6, 6.07) is 5.93. The molecule has 1 N–H and O–H groups in total. The molecule has 1 aliphatic heterocycles. The molecule has 1 aromatic rings. The molecule has 0 atom stereocenters. The van der Waals surface area contributed by atoms with Crippen LogP contribution >= 0.6 is 0 Å². The van der Waals surface area contributed by atoms with Crippen LogP contribution in [-0.4, -0.2) is 5.91 Å². The highest BCUT2D eigenvalue weighted by molar-refractivity contribution is 6.06. The second kappa shape index (κ2) is 2.59. The maximum absolute atomic E-state index is 12.0. The van der Waals surface area contributed by atoms with Crippen LogP contribution in [0.4, 0.5) is 5.69 Å². The van der Waals surface area contributed by atoms with Gasteiger partial charge in [0.05, 0.1) is 6.79 Å². The van der Waals surface area contributed by atoms with E-state index >= 15 is 0 Å². The van der Waals surface area contributed by atoms with Gasteiger partial charge in [0.15, 0.2) is 0 Å². The number of carbonyl (C=O) groups is 1. The monoisotopic (exact) mass is 188 g/mol. The van der Waals surface area contributed by atoms with Gasteiger partial charge in [-0.1, -0.05) is 31.0 Å². The van der Waals surface area contributed by atoms with Gasteiger partial charge in [0.1, 0.15) is 0 Å². The molecule has 72 valence electrons. The Hall–Kier alpha value is -1.31. The van der Waals surface area contributed by atoms with Crippen molar-refractivity contribution in [2.75, 3.05) is 5.32 Å². The Balaban J connectivity index is 2.17. The Bertz CT molecular complexity index is 435. The summed E-state index contributed by atoms with van der Waals surface area (Å²) in [5, 5.41) is 2.91. The molecule has 1 aliphatic carbocycles. The summed E-state index contributed by atoms with van der Waals surface area (Å²) >= 11 is 0. The summed E-state index contributed by atoms with van der Waals surface area (Å²) < 4.78 is 7.54. The molecule has 0 saturated heterocycles. The lowest BCUT2D eigenvalue weighted by molar-refractivity contribution is -0.120. The van der Waals surface area contributed by atoms with Crippen LogP contribution in [0.15, 0.2) is 24.2 Å². The molecule has 3 rings (SSSR count). The van der Waals surface area contributed by atoms with E-state index in [2.05, 4.69) is 5.32 Å². The highest BCUT2D eigenvalue weighted by atomic mass is 16.2. The molecule has 0 bridgehead atoms. The first-order valence-electron chi connectivity index (χ1n) is 5.65.